The van der Waals surface area contributed by atoms with Gasteiger partial charge >= 0.3 is 0 Å². The number of benzene rings is 1. The average Bonchev–Trinajstić information content (AvgIpc) is 2.97. The molecule has 1 fully saturated rings. The molecule has 1 N–H and O–H groups in total. The van der Waals surface area contributed by atoms with Crippen LogP contribution in [0, 0.1) is 5.92 Å². The van der Waals surface area contributed by atoms with Gasteiger partial charge in [0.05, 0.1) is 11.1 Å². The fourth-order valence-corrected chi connectivity index (χ4v) is 3.46. The van der Waals surface area contributed by atoms with Gasteiger partial charge in [-0.3, -0.25) is 0 Å². The Kier molecular flexibility index (Phi) is 4.37. The summed E-state index contributed by atoms with van der Waals surface area (Å²) in [5.74, 6) is 2.14. The van der Waals surface area contributed by atoms with Gasteiger partial charge in [-0.1, -0.05) is 37.3 Å². The van der Waals surface area contributed by atoms with Crippen molar-refractivity contribution in [1.29, 1.82) is 0 Å². The van der Waals surface area contributed by atoms with Crippen molar-refractivity contribution in [2.75, 3.05) is 13.2 Å². The minimum atomic E-state index is -0.515. The lowest BCUT2D eigenvalue weighted by Crippen LogP contribution is -2.16. The number of aliphatic hydroxyl groups is 1. The maximum atomic E-state index is 10.4. The average molecular weight is 297 g/mol. The number of fused-ring (bicyclic) bond motifs is 1. The second-order valence-electron chi connectivity index (χ2n) is 5.76. The zero-order chi connectivity index (χ0) is 13.9. The van der Waals surface area contributed by atoms with Crippen molar-refractivity contribution in [2.24, 2.45) is 5.92 Å². The Morgan fingerprint density at radius 1 is 1.15 bits per heavy atom. The van der Waals surface area contributed by atoms with Crippen LogP contribution >= 0.6 is 11.6 Å². The third-order valence-corrected chi connectivity index (χ3v) is 4.67. The van der Waals surface area contributed by atoms with Gasteiger partial charge < -0.3 is 14.6 Å². The quantitative estimate of drug-likeness (QED) is 0.908. The first-order chi connectivity index (χ1) is 9.74. The van der Waals surface area contributed by atoms with Gasteiger partial charge in [0.2, 0.25) is 0 Å². The van der Waals surface area contributed by atoms with Crippen LogP contribution in [0.25, 0.3) is 0 Å². The van der Waals surface area contributed by atoms with Crippen LogP contribution in [0.1, 0.15) is 50.2 Å². The molecule has 1 heterocycles. The van der Waals surface area contributed by atoms with E-state index in [2.05, 4.69) is 0 Å². The summed E-state index contributed by atoms with van der Waals surface area (Å²) in [5, 5.41) is 10.9. The van der Waals surface area contributed by atoms with Crippen LogP contribution in [-0.2, 0) is 0 Å². The molecule has 20 heavy (non-hydrogen) atoms. The van der Waals surface area contributed by atoms with Gasteiger partial charge in [-0.15, -0.1) is 0 Å². The summed E-state index contributed by atoms with van der Waals surface area (Å²) in [5.41, 5.74) is 0.758. The zero-order valence-corrected chi connectivity index (χ0v) is 12.4. The molecule has 1 aromatic rings. The van der Waals surface area contributed by atoms with Gasteiger partial charge in [0, 0.05) is 11.6 Å². The molecule has 110 valence electrons. The minimum Gasteiger partial charge on any atom is -0.486 e. The van der Waals surface area contributed by atoms with Crippen LogP contribution in [0.15, 0.2) is 12.1 Å². The van der Waals surface area contributed by atoms with Crippen molar-refractivity contribution in [3.63, 3.8) is 0 Å². The first kappa shape index (κ1) is 14.0. The molecular formula is C16H21ClO3. The molecule has 1 unspecified atom stereocenters. The molecule has 0 radical (unpaired) electrons. The lowest BCUT2D eigenvalue weighted by molar-refractivity contribution is 0.152. The summed E-state index contributed by atoms with van der Waals surface area (Å²) >= 11 is 6.26. The maximum absolute atomic E-state index is 10.4. The highest BCUT2D eigenvalue weighted by Gasteiger charge is 2.21. The molecule has 0 aromatic heterocycles. The monoisotopic (exact) mass is 296 g/mol. The standard InChI is InChI=1S/C16H21ClO3/c17-13-10-16-15(19-7-8-20-16)9-12(13)14(18)6-5-11-3-1-2-4-11/h9-11,14,18H,1-8H2. The first-order valence-electron chi connectivity index (χ1n) is 7.51. The molecule has 1 atom stereocenters. The van der Waals surface area contributed by atoms with Gasteiger partial charge in [-0.25, -0.2) is 0 Å². The molecule has 1 aromatic carbocycles. The van der Waals surface area contributed by atoms with Crippen LogP contribution < -0.4 is 9.47 Å². The topological polar surface area (TPSA) is 38.7 Å². The Hall–Kier alpha value is -0.930. The molecule has 0 spiro atoms. The molecule has 1 aliphatic carbocycles. The van der Waals surface area contributed by atoms with E-state index >= 15 is 0 Å². The predicted molar refractivity (Wildman–Crippen MR) is 78.6 cm³/mol. The van der Waals surface area contributed by atoms with Crippen molar-refractivity contribution in [2.45, 2.75) is 44.6 Å². The van der Waals surface area contributed by atoms with Crippen molar-refractivity contribution < 1.29 is 14.6 Å². The highest BCUT2D eigenvalue weighted by atomic mass is 35.5. The number of halogens is 1. The summed E-state index contributed by atoms with van der Waals surface area (Å²) in [6, 6.07) is 3.58. The summed E-state index contributed by atoms with van der Waals surface area (Å²) in [7, 11) is 0. The first-order valence-corrected chi connectivity index (χ1v) is 7.89. The number of hydrogen-bond acceptors (Lipinski definition) is 3. The minimum absolute atomic E-state index is 0.515. The Balaban J connectivity index is 1.68. The van der Waals surface area contributed by atoms with Crippen LogP contribution in [0.5, 0.6) is 11.5 Å². The fraction of sp³-hybridized carbons (Fsp3) is 0.625. The lowest BCUT2D eigenvalue weighted by atomic mass is 9.96. The smallest absolute Gasteiger partial charge is 0.162 e. The van der Waals surface area contributed by atoms with E-state index in [4.69, 9.17) is 21.1 Å². The Morgan fingerprint density at radius 2 is 1.80 bits per heavy atom. The fourth-order valence-electron chi connectivity index (χ4n) is 3.18. The van der Waals surface area contributed by atoms with Gasteiger partial charge in [0.15, 0.2) is 11.5 Å². The van der Waals surface area contributed by atoms with Crippen molar-refractivity contribution in [3.05, 3.63) is 22.7 Å². The molecule has 0 amide bonds. The molecule has 3 rings (SSSR count). The Morgan fingerprint density at radius 3 is 2.50 bits per heavy atom. The number of ether oxygens (including phenoxy) is 2. The molecule has 4 heteroatoms. The number of aliphatic hydroxyl groups excluding tert-OH is 1. The molecule has 1 aliphatic heterocycles. The summed E-state index contributed by atoms with van der Waals surface area (Å²) in [6.07, 6.45) is 6.62. The van der Waals surface area contributed by atoms with Crippen molar-refractivity contribution in [1.82, 2.24) is 0 Å². The third-order valence-electron chi connectivity index (χ3n) is 4.34. The van der Waals surface area contributed by atoms with Gasteiger partial charge in [-0.05, 0) is 24.8 Å². The number of rotatable bonds is 4. The van der Waals surface area contributed by atoms with Crippen LogP contribution in [0.4, 0.5) is 0 Å². The second-order valence-corrected chi connectivity index (χ2v) is 6.17. The van der Waals surface area contributed by atoms with E-state index in [0.29, 0.717) is 29.7 Å². The highest BCUT2D eigenvalue weighted by molar-refractivity contribution is 6.31. The van der Waals surface area contributed by atoms with Crippen LogP contribution in [0.2, 0.25) is 5.02 Å². The number of hydrogen-bond donors (Lipinski definition) is 1. The molecule has 1 saturated carbocycles. The molecule has 0 bridgehead atoms. The van der Waals surface area contributed by atoms with Gasteiger partial charge in [0.25, 0.3) is 0 Å². The maximum Gasteiger partial charge on any atom is 0.162 e. The van der Waals surface area contributed by atoms with E-state index in [-0.39, 0.29) is 0 Å². The lowest BCUT2D eigenvalue weighted by Gasteiger charge is -2.22. The van der Waals surface area contributed by atoms with Gasteiger partial charge in [-0.2, -0.15) is 0 Å². The predicted octanol–water partition coefficient (Wildman–Crippen LogP) is 4.12. The SMILES string of the molecule is OC(CCC1CCCC1)c1cc2c(cc1Cl)OCCO2. The van der Waals surface area contributed by atoms with Gasteiger partial charge in [0.1, 0.15) is 13.2 Å². The Bertz CT molecular complexity index is 469. The van der Waals surface area contributed by atoms with E-state index in [1.54, 1.807) is 6.07 Å². The summed E-state index contributed by atoms with van der Waals surface area (Å²) < 4.78 is 11.0. The molecule has 0 saturated heterocycles. The third kappa shape index (κ3) is 3.04. The normalized spacial score (nSPS) is 20.1. The second kappa shape index (κ2) is 6.23. The molecular weight excluding hydrogens is 276 g/mol. The van der Waals surface area contributed by atoms with Crippen molar-refractivity contribution >= 4 is 11.6 Å². The molecule has 3 nitrogen and oxygen atoms in total. The molecule has 2 aliphatic rings. The Labute approximate surface area is 124 Å². The van der Waals surface area contributed by atoms with E-state index in [0.717, 1.165) is 24.3 Å². The zero-order valence-electron chi connectivity index (χ0n) is 11.6. The van der Waals surface area contributed by atoms with Crippen LogP contribution in [-0.4, -0.2) is 18.3 Å². The highest BCUT2D eigenvalue weighted by Crippen LogP contribution is 2.39. The van der Waals surface area contributed by atoms with Crippen LogP contribution in [0.3, 0.4) is 0 Å². The van der Waals surface area contributed by atoms with E-state index in [1.807, 2.05) is 6.07 Å². The summed E-state index contributed by atoms with van der Waals surface area (Å²) in [6.45, 7) is 1.10. The van der Waals surface area contributed by atoms with Crippen molar-refractivity contribution in [3.8, 4) is 11.5 Å². The van der Waals surface area contributed by atoms with E-state index in [1.165, 1.54) is 25.7 Å². The summed E-state index contributed by atoms with van der Waals surface area (Å²) in [4.78, 5) is 0. The van der Waals surface area contributed by atoms with E-state index in [9.17, 15) is 5.11 Å². The van der Waals surface area contributed by atoms with E-state index < -0.39 is 6.10 Å². The largest absolute Gasteiger partial charge is 0.486 e.